The molecule has 0 bridgehead atoms. The van der Waals surface area contributed by atoms with Crippen LogP contribution >= 0.6 is 23.2 Å². The molecule has 0 unspecified atom stereocenters. The van der Waals surface area contributed by atoms with Crippen molar-refractivity contribution in [1.82, 2.24) is 4.98 Å². The van der Waals surface area contributed by atoms with Crippen molar-refractivity contribution in [2.75, 3.05) is 0 Å². The topological polar surface area (TPSA) is 97.8 Å². The molecule has 0 fully saturated rings. The molecule has 2 rings (SSSR count). The molecule has 1 aromatic carbocycles. The highest BCUT2D eigenvalue weighted by Crippen LogP contribution is 2.34. The number of halogens is 3. The summed E-state index contributed by atoms with van der Waals surface area (Å²) in [5.41, 5.74) is 8.88. The molecule has 0 amide bonds. The van der Waals surface area contributed by atoms with Gasteiger partial charge in [0.2, 0.25) is 0 Å². The molecule has 0 spiro atoms. The van der Waals surface area contributed by atoms with Crippen LogP contribution in [0.3, 0.4) is 0 Å². The van der Waals surface area contributed by atoms with Gasteiger partial charge in [-0.15, -0.1) is 0 Å². The van der Waals surface area contributed by atoms with Gasteiger partial charge in [0.1, 0.15) is 5.69 Å². The monoisotopic (exact) mass is 334 g/mol. The molecule has 0 atom stereocenters. The largest absolute Gasteiger partial charge is 0.261 e. The Balaban J connectivity index is 2.49. The van der Waals surface area contributed by atoms with Gasteiger partial charge < -0.3 is 0 Å². The smallest absolute Gasteiger partial charge is 0.151 e. The SMILES string of the molecule is N#Cc1cc(Cl)c(N=Cc2cncc(F)c2N=[N+]=[N-])c(Cl)c1. The Morgan fingerprint density at radius 2 is 1.95 bits per heavy atom. The Morgan fingerprint density at radius 3 is 2.55 bits per heavy atom. The fourth-order valence-electron chi connectivity index (χ4n) is 1.58. The van der Waals surface area contributed by atoms with Crippen molar-refractivity contribution >= 4 is 40.8 Å². The normalized spacial score (nSPS) is 10.3. The molecule has 9 heteroatoms. The van der Waals surface area contributed by atoms with E-state index in [0.717, 1.165) is 6.20 Å². The third-order valence-electron chi connectivity index (χ3n) is 2.52. The molecule has 1 heterocycles. The van der Waals surface area contributed by atoms with Crippen molar-refractivity contribution in [3.8, 4) is 6.07 Å². The van der Waals surface area contributed by atoms with Gasteiger partial charge >= 0.3 is 0 Å². The second-order valence-electron chi connectivity index (χ2n) is 3.91. The van der Waals surface area contributed by atoms with E-state index in [0.29, 0.717) is 0 Å². The molecule has 0 N–H and O–H groups in total. The highest BCUT2D eigenvalue weighted by atomic mass is 35.5. The van der Waals surface area contributed by atoms with E-state index >= 15 is 0 Å². The van der Waals surface area contributed by atoms with Crippen LogP contribution in [0.15, 0.2) is 34.6 Å². The first-order valence-corrected chi connectivity index (χ1v) is 6.44. The highest BCUT2D eigenvalue weighted by Gasteiger charge is 2.09. The molecule has 0 aliphatic heterocycles. The Hall–Kier alpha value is -2.65. The molecule has 0 aliphatic rings. The lowest BCUT2D eigenvalue weighted by Gasteiger charge is -2.03. The third kappa shape index (κ3) is 3.32. The minimum atomic E-state index is -0.779. The van der Waals surface area contributed by atoms with Gasteiger partial charge in [-0.05, 0) is 17.7 Å². The summed E-state index contributed by atoms with van der Waals surface area (Å²) in [6.45, 7) is 0. The fourth-order valence-corrected chi connectivity index (χ4v) is 2.16. The quantitative estimate of drug-likeness (QED) is 0.338. The summed E-state index contributed by atoms with van der Waals surface area (Å²) in [5.74, 6) is -0.779. The molecule has 22 heavy (non-hydrogen) atoms. The van der Waals surface area contributed by atoms with Crippen molar-refractivity contribution in [2.45, 2.75) is 0 Å². The fraction of sp³-hybridized carbons (Fsp3) is 0. The van der Waals surface area contributed by atoms with E-state index in [2.05, 4.69) is 20.0 Å². The van der Waals surface area contributed by atoms with Crippen LogP contribution in [0.25, 0.3) is 10.4 Å². The molecule has 1 aromatic heterocycles. The van der Waals surface area contributed by atoms with E-state index in [1.165, 1.54) is 24.5 Å². The summed E-state index contributed by atoms with van der Waals surface area (Å²) >= 11 is 12.0. The van der Waals surface area contributed by atoms with Gasteiger partial charge in [0.05, 0.1) is 33.6 Å². The van der Waals surface area contributed by atoms with Crippen LogP contribution in [-0.4, -0.2) is 11.2 Å². The first kappa shape index (κ1) is 15.7. The predicted molar refractivity (Wildman–Crippen MR) is 81.4 cm³/mol. The van der Waals surface area contributed by atoms with Crippen LogP contribution in [0.1, 0.15) is 11.1 Å². The Morgan fingerprint density at radius 1 is 1.27 bits per heavy atom. The number of aromatic nitrogens is 1. The Kier molecular flexibility index (Phi) is 4.92. The average molecular weight is 335 g/mol. The van der Waals surface area contributed by atoms with Crippen LogP contribution in [0.4, 0.5) is 15.8 Å². The van der Waals surface area contributed by atoms with Gasteiger partial charge in [0.15, 0.2) is 5.82 Å². The Bertz CT molecular complexity index is 829. The van der Waals surface area contributed by atoms with E-state index in [4.69, 9.17) is 34.0 Å². The number of nitriles is 1. The summed E-state index contributed by atoms with van der Waals surface area (Å²) in [6.07, 6.45) is 3.42. The average Bonchev–Trinajstić information content (AvgIpc) is 2.49. The van der Waals surface area contributed by atoms with Gasteiger partial charge in [-0.3, -0.25) is 9.98 Å². The maximum absolute atomic E-state index is 13.5. The van der Waals surface area contributed by atoms with Crippen molar-refractivity contribution in [3.05, 3.63) is 62.0 Å². The molecular formula is C13H5Cl2FN6. The van der Waals surface area contributed by atoms with Crippen molar-refractivity contribution in [2.24, 2.45) is 10.1 Å². The number of azide groups is 1. The molecule has 0 aliphatic carbocycles. The van der Waals surface area contributed by atoms with Crippen LogP contribution < -0.4 is 0 Å². The zero-order valence-corrected chi connectivity index (χ0v) is 12.2. The molecule has 0 saturated carbocycles. The zero-order chi connectivity index (χ0) is 16.1. The first-order valence-electron chi connectivity index (χ1n) is 5.68. The molecule has 0 radical (unpaired) electrons. The van der Waals surface area contributed by atoms with Crippen LogP contribution in [0.5, 0.6) is 0 Å². The van der Waals surface area contributed by atoms with E-state index in [1.807, 2.05) is 6.07 Å². The van der Waals surface area contributed by atoms with Gasteiger partial charge in [-0.1, -0.05) is 28.3 Å². The van der Waals surface area contributed by atoms with Crippen LogP contribution in [-0.2, 0) is 0 Å². The summed E-state index contributed by atoms with van der Waals surface area (Å²) in [6, 6.07) is 4.71. The lowest BCUT2D eigenvalue weighted by molar-refractivity contribution is 0.623. The zero-order valence-electron chi connectivity index (χ0n) is 10.7. The number of benzene rings is 1. The van der Waals surface area contributed by atoms with E-state index < -0.39 is 5.82 Å². The lowest BCUT2D eigenvalue weighted by Crippen LogP contribution is -1.88. The van der Waals surface area contributed by atoms with E-state index in [-0.39, 0.29) is 32.5 Å². The van der Waals surface area contributed by atoms with E-state index in [9.17, 15) is 4.39 Å². The number of hydrogen-bond acceptors (Lipinski definition) is 4. The maximum Gasteiger partial charge on any atom is 0.151 e. The van der Waals surface area contributed by atoms with Crippen molar-refractivity contribution in [3.63, 3.8) is 0 Å². The van der Waals surface area contributed by atoms with Gasteiger partial charge in [-0.2, -0.15) is 5.26 Å². The summed E-state index contributed by atoms with van der Waals surface area (Å²) < 4.78 is 13.5. The molecule has 108 valence electrons. The standard InChI is InChI=1S/C13H5Cl2FN6/c14-9-1-7(3-17)2-10(15)13(9)20-5-8-4-19-6-11(16)12(8)21-22-18/h1-2,4-6H. The highest BCUT2D eigenvalue weighted by molar-refractivity contribution is 6.39. The molecule has 2 aromatic rings. The number of pyridine rings is 1. The van der Waals surface area contributed by atoms with Crippen LogP contribution in [0.2, 0.25) is 10.0 Å². The molecule has 6 nitrogen and oxygen atoms in total. The number of hydrogen-bond donors (Lipinski definition) is 0. The Labute approximate surface area is 134 Å². The number of nitrogens with zero attached hydrogens (tertiary/aromatic N) is 6. The second kappa shape index (κ2) is 6.87. The number of rotatable bonds is 3. The van der Waals surface area contributed by atoms with Crippen LogP contribution in [0, 0.1) is 17.1 Å². The number of aliphatic imine (C=N–C) groups is 1. The maximum atomic E-state index is 13.5. The van der Waals surface area contributed by atoms with Gasteiger partial charge in [0, 0.05) is 22.9 Å². The minimum Gasteiger partial charge on any atom is -0.261 e. The second-order valence-corrected chi connectivity index (χ2v) is 4.72. The minimum absolute atomic E-state index is 0.161. The van der Waals surface area contributed by atoms with E-state index in [1.54, 1.807) is 0 Å². The summed E-state index contributed by atoms with van der Waals surface area (Å²) in [4.78, 5) is 10.2. The summed E-state index contributed by atoms with van der Waals surface area (Å²) in [7, 11) is 0. The first-order chi connectivity index (χ1) is 10.6. The summed E-state index contributed by atoms with van der Waals surface area (Å²) in [5, 5.41) is 12.4. The van der Waals surface area contributed by atoms with Gasteiger partial charge in [0.25, 0.3) is 0 Å². The van der Waals surface area contributed by atoms with Gasteiger partial charge in [-0.25, -0.2) is 4.39 Å². The molecule has 0 saturated heterocycles. The third-order valence-corrected chi connectivity index (χ3v) is 3.10. The van der Waals surface area contributed by atoms with Crippen molar-refractivity contribution in [1.29, 1.82) is 5.26 Å². The van der Waals surface area contributed by atoms with Crippen molar-refractivity contribution < 1.29 is 4.39 Å². The lowest BCUT2D eigenvalue weighted by atomic mass is 10.2. The predicted octanol–water partition coefficient (Wildman–Crippen LogP) is 5.09. The molecular weight excluding hydrogens is 330 g/mol.